The Hall–Kier alpha value is -2.63. The van der Waals surface area contributed by atoms with Crippen molar-refractivity contribution in [1.82, 2.24) is 19.7 Å². The molecule has 2 aromatic heterocycles. The Bertz CT molecular complexity index is 1110. The van der Waals surface area contributed by atoms with Gasteiger partial charge in [0, 0.05) is 28.7 Å². The lowest BCUT2D eigenvalue weighted by molar-refractivity contribution is 0.884. The van der Waals surface area contributed by atoms with Gasteiger partial charge in [-0.15, -0.1) is 10.2 Å². The minimum Gasteiger partial charge on any atom is -0.270 e. The van der Waals surface area contributed by atoms with Crippen LogP contribution < -0.4 is 0 Å². The number of hydrogen-bond donors (Lipinski definition) is 0. The summed E-state index contributed by atoms with van der Waals surface area (Å²) >= 11 is 7.95. The molecule has 2 heterocycles. The molecule has 0 N–H and O–H groups in total. The molecule has 0 radical (unpaired) electrons. The number of thioether (sulfide) groups is 1. The lowest BCUT2D eigenvalue weighted by Gasteiger charge is -2.12. The van der Waals surface area contributed by atoms with E-state index in [9.17, 15) is 0 Å². The Morgan fingerprint density at radius 2 is 1.71 bits per heavy atom. The third-order valence-electron chi connectivity index (χ3n) is 4.64. The van der Waals surface area contributed by atoms with Gasteiger partial charge in [-0.05, 0) is 60.9 Å². The first-order chi connectivity index (χ1) is 13.6. The molecule has 28 heavy (non-hydrogen) atoms. The van der Waals surface area contributed by atoms with Gasteiger partial charge in [0.15, 0.2) is 11.0 Å². The van der Waals surface area contributed by atoms with E-state index in [1.165, 1.54) is 11.1 Å². The fraction of sp³-hybridized carbons (Fsp3) is 0.136. The molecule has 0 aliphatic rings. The summed E-state index contributed by atoms with van der Waals surface area (Å²) < 4.78 is 2.10. The molecule has 0 saturated heterocycles. The highest BCUT2D eigenvalue weighted by Gasteiger charge is 2.17. The highest BCUT2D eigenvalue weighted by atomic mass is 35.5. The lowest BCUT2D eigenvalue weighted by Crippen LogP contribution is -2.01. The number of benzene rings is 2. The van der Waals surface area contributed by atoms with Crippen LogP contribution in [0.2, 0.25) is 5.02 Å². The van der Waals surface area contributed by atoms with Crippen LogP contribution in [0.15, 0.2) is 72.1 Å². The SMILES string of the molecule is Cc1ccc(-n2c(SCc3ccccc3Cl)nnc2-c2ccncc2)cc1C. The fourth-order valence-electron chi connectivity index (χ4n) is 2.91. The Kier molecular flexibility index (Phi) is 5.46. The Labute approximate surface area is 173 Å². The molecule has 2 aromatic carbocycles. The predicted molar refractivity (Wildman–Crippen MR) is 115 cm³/mol. The second kappa shape index (κ2) is 8.17. The van der Waals surface area contributed by atoms with Gasteiger partial charge in [0.1, 0.15) is 0 Å². The first kappa shape index (κ1) is 18.7. The summed E-state index contributed by atoms with van der Waals surface area (Å²) in [6, 6.07) is 18.2. The van der Waals surface area contributed by atoms with Crippen LogP contribution in [-0.2, 0) is 5.75 Å². The largest absolute Gasteiger partial charge is 0.270 e. The van der Waals surface area contributed by atoms with Gasteiger partial charge in [0.2, 0.25) is 0 Å². The molecule has 0 spiro atoms. The van der Waals surface area contributed by atoms with Gasteiger partial charge in [-0.25, -0.2) is 0 Å². The maximum Gasteiger partial charge on any atom is 0.196 e. The highest BCUT2D eigenvalue weighted by Crippen LogP contribution is 2.31. The summed E-state index contributed by atoms with van der Waals surface area (Å²) in [5.74, 6) is 1.52. The van der Waals surface area contributed by atoms with Crippen molar-refractivity contribution in [2.45, 2.75) is 24.8 Å². The molecular weight excluding hydrogens is 388 g/mol. The summed E-state index contributed by atoms with van der Waals surface area (Å²) in [6.45, 7) is 4.23. The van der Waals surface area contributed by atoms with Crippen LogP contribution >= 0.6 is 23.4 Å². The zero-order valence-corrected chi connectivity index (χ0v) is 17.2. The molecule has 0 atom stereocenters. The first-order valence-electron chi connectivity index (χ1n) is 8.93. The zero-order valence-electron chi connectivity index (χ0n) is 15.6. The highest BCUT2D eigenvalue weighted by molar-refractivity contribution is 7.98. The van der Waals surface area contributed by atoms with Crippen LogP contribution in [0.1, 0.15) is 16.7 Å². The van der Waals surface area contributed by atoms with E-state index in [1.54, 1.807) is 24.2 Å². The van der Waals surface area contributed by atoms with Crippen molar-refractivity contribution in [2.75, 3.05) is 0 Å². The summed E-state index contributed by atoms with van der Waals surface area (Å²) in [4.78, 5) is 4.11. The van der Waals surface area contributed by atoms with Crippen LogP contribution in [-0.4, -0.2) is 19.7 Å². The van der Waals surface area contributed by atoms with E-state index in [2.05, 4.69) is 51.8 Å². The first-order valence-corrected chi connectivity index (χ1v) is 10.3. The van der Waals surface area contributed by atoms with Crippen LogP contribution in [0, 0.1) is 13.8 Å². The van der Waals surface area contributed by atoms with Crippen molar-refractivity contribution in [3.63, 3.8) is 0 Å². The van der Waals surface area contributed by atoms with Crippen molar-refractivity contribution in [2.24, 2.45) is 0 Å². The van der Waals surface area contributed by atoms with E-state index in [1.807, 2.05) is 36.4 Å². The van der Waals surface area contributed by atoms with Gasteiger partial charge in [-0.2, -0.15) is 0 Å². The number of rotatable bonds is 5. The molecule has 6 heteroatoms. The van der Waals surface area contributed by atoms with E-state index in [0.29, 0.717) is 0 Å². The van der Waals surface area contributed by atoms with Crippen LogP contribution in [0.5, 0.6) is 0 Å². The predicted octanol–water partition coefficient (Wildman–Crippen LogP) is 5.89. The third-order valence-corrected chi connectivity index (χ3v) is 5.98. The van der Waals surface area contributed by atoms with E-state index >= 15 is 0 Å². The maximum absolute atomic E-state index is 6.32. The Balaban J connectivity index is 1.77. The van der Waals surface area contributed by atoms with Gasteiger partial charge in [0.05, 0.1) is 5.69 Å². The monoisotopic (exact) mass is 406 g/mol. The van der Waals surface area contributed by atoms with Crippen LogP contribution in [0.3, 0.4) is 0 Å². The second-order valence-corrected chi connectivity index (χ2v) is 7.88. The van der Waals surface area contributed by atoms with E-state index in [0.717, 1.165) is 38.6 Å². The van der Waals surface area contributed by atoms with Gasteiger partial charge >= 0.3 is 0 Å². The zero-order chi connectivity index (χ0) is 19.5. The third kappa shape index (κ3) is 3.81. The molecular formula is C22H19ClN4S. The minimum absolute atomic E-state index is 0.721. The molecule has 0 aliphatic heterocycles. The van der Waals surface area contributed by atoms with Crippen molar-refractivity contribution in [3.05, 3.63) is 88.7 Å². The van der Waals surface area contributed by atoms with Gasteiger partial charge in [-0.1, -0.05) is 47.6 Å². The van der Waals surface area contributed by atoms with E-state index < -0.39 is 0 Å². The van der Waals surface area contributed by atoms with Crippen molar-refractivity contribution in [1.29, 1.82) is 0 Å². The fourth-order valence-corrected chi connectivity index (χ4v) is 4.14. The molecule has 140 valence electrons. The molecule has 0 aliphatic carbocycles. The lowest BCUT2D eigenvalue weighted by atomic mass is 10.1. The van der Waals surface area contributed by atoms with Gasteiger partial charge in [0.25, 0.3) is 0 Å². The molecule has 0 amide bonds. The number of aromatic nitrogens is 4. The summed E-state index contributed by atoms with van der Waals surface area (Å²) in [6.07, 6.45) is 3.54. The van der Waals surface area contributed by atoms with Crippen LogP contribution in [0.4, 0.5) is 0 Å². The number of nitrogens with zero attached hydrogens (tertiary/aromatic N) is 4. The molecule has 0 bridgehead atoms. The van der Waals surface area contributed by atoms with Crippen LogP contribution in [0.25, 0.3) is 17.1 Å². The molecule has 4 rings (SSSR count). The number of aryl methyl sites for hydroxylation is 2. The Morgan fingerprint density at radius 3 is 2.46 bits per heavy atom. The summed E-state index contributed by atoms with van der Waals surface area (Å²) in [5, 5.41) is 10.6. The molecule has 0 saturated carbocycles. The second-order valence-electron chi connectivity index (χ2n) is 6.53. The normalized spacial score (nSPS) is 11.0. The number of halogens is 1. The summed E-state index contributed by atoms with van der Waals surface area (Å²) in [7, 11) is 0. The average Bonchev–Trinajstić information content (AvgIpc) is 3.14. The smallest absolute Gasteiger partial charge is 0.196 e. The molecule has 0 fully saturated rings. The van der Waals surface area contributed by atoms with Crippen molar-refractivity contribution >= 4 is 23.4 Å². The number of hydrogen-bond acceptors (Lipinski definition) is 4. The topological polar surface area (TPSA) is 43.6 Å². The van der Waals surface area contributed by atoms with Crippen molar-refractivity contribution < 1.29 is 0 Å². The molecule has 4 aromatic rings. The van der Waals surface area contributed by atoms with E-state index in [-0.39, 0.29) is 0 Å². The Morgan fingerprint density at radius 1 is 0.929 bits per heavy atom. The standard InChI is InChI=1S/C22H19ClN4S/c1-15-7-8-19(13-16(15)2)27-21(17-9-11-24-12-10-17)25-26-22(27)28-14-18-5-3-4-6-20(18)23/h3-13H,14H2,1-2H3. The summed E-state index contributed by atoms with van der Waals surface area (Å²) in [5.41, 5.74) is 5.59. The van der Waals surface area contributed by atoms with Gasteiger partial charge < -0.3 is 0 Å². The molecule has 4 nitrogen and oxygen atoms in total. The van der Waals surface area contributed by atoms with E-state index in [4.69, 9.17) is 11.6 Å². The average molecular weight is 407 g/mol. The minimum atomic E-state index is 0.721. The maximum atomic E-state index is 6.32. The van der Waals surface area contributed by atoms with Crippen molar-refractivity contribution in [3.8, 4) is 17.1 Å². The number of pyridine rings is 1. The molecule has 0 unspecified atom stereocenters. The quantitative estimate of drug-likeness (QED) is 0.387. The van der Waals surface area contributed by atoms with Gasteiger partial charge in [-0.3, -0.25) is 9.55 Å².